The van der Waals surface area contributed by atoms with Crippen molar-refractivity contribution in [2.75, 3.05) is 0 Å². The molecule has 0 saturated heterocycles. The van der Waals surface area contributed by atoms with Crippen LogP contribution in [0.1, 0.15) is 37.4 Å². The van der Waals surface area contributed by atoms with E-state index in [1.54, 1.807) is 0 Å². The van der Waals surface area contributed by atoms with E-state index in [-0.39, 0.29) is 6.10 Å². The second-order valence-electron chi connectivity index (χ2n) is 6.24. The fourth-order valence-corrected chi connectivity index (χ4v) is 4.18. The lowest BCUT2D eigenvalue weighted by Crippen LogP contribution is -2.19. The van der Waals surface area contributed by atoms with Crippen molar-refractivity contribution >= 4 is 10.9 Å². The molecule has 1 aromatic carbocycles. The fourth-order valence-electron chi connectivity index (χ4n) is 4.18. The summed E-state index contributed by atoms with van der Waals surface area (Å²) < 4.78 is 0. The Balaban J connectivity index is 1.66. The first-order valence-electron chi connectivity index (χ1n) is 7.34. The third-order valence-electron chi connectivity index (χ3n) is 5.15. The molecule has 1 heterocycles. The maximum Gasteiger partial charge on any atom is 0.0836 e. The molecule has 2 fully saturated rings. The van der Waals surface area contributed by atoms with Crippen molar-refractivity contribution < 1.29 is 5.11 Å². The van der Waals surface area contributed by atoms with Gasteiger partial charge in [-0.05, 0) is 54.7 Å². The number of aliphatic hydroxyl groups is 1. The largest absolute Gasteiger partial charge is 0.388 e. The van der Waals surface area contributed by atoms with Crippen LogP contribution in [0.2, 0.25) is 0 Å². The minimum absolute atomic E-state index is 0.326. The summed E-state index contributed by atoms with van der Waals surface area (Å²) in [5.74, 6) is 2.08. The monoisotopic (exact) mass is 253 g/mol. The zero-order chi connectivity index (χ0) is 12.8. The predicted molar refractivity (Wildman–Crippen MR) is 75.6 cm³/mol. The van der Waals surface area contributed by atoms with E-state index in [1.807, 2.05) is 24.4 Å². The molecule has 1 N–H and O–H groups in total. The van der Waals surface area contributed by atoms with E-state index in [0.717, 1.165) is 28.3 Å². The SMILES string of the molecule is OC(c1cnc2ccccc2c1)C1CC2CCC1C2. The molecular weight excluding hydrogens is 234 g/mol. The normalized spacial score (nSPS) is 30.9. The van der Waals surface area contributed by atoms with E-state index >= 15 is 0 Å². The third-order valence-corrected chi connectivity index (χ3v) is 5.15. The molecule has 2 nitrogen and oxygen atoms in total. The van der Waals surface area contributed by atoms with Crippen LogP contribution in [0.4, 0.5) is 0 Å². The van der Waals surface area contributed by atoms with Crippen LogP contribution >= 0.6 is 0 Å². The van der Waals surface area contributed by atoms with Gasteiger partial charge >= 0.3 is 0 Å². The van der Waals surface area contributed by atoms with Crippen molar-refractivity contribution in [1.82, 2.24) is 4.98 Å². The van der Waals surface area contributed by atoms with Crippen LogP contribution in [-0.2, 0) is 0 Å². The van der Waals surface area contributed by atoms with Gasteiger partial charge in [0.25, 0.3) is 0 Å². The number of hydrogen-bond donors (Lipinski definition) is 1. The Bertz CT molecular complexity index is 609. The van der Waals surface area contributed by atoms with Crippen LogP contribution in [-0.4, -0.2) is 10.1 Å². The molecule has 2 bridgehead atoms. The Morgan fingerprint density at radius 1 is 1.16 bits per heavy atom. The molecule has 0 radical (unpaired) electrons. The molecule has 0 amide bonds. The molecule has 2 aliphatic carbocycles. The summed E-state index contributed by atoms with van der Waals surface area (Å²) >= 11 is 0. The van der Waals surface area contributed by atoms with Crippen molar-refractivity contribution in [1.29, 1.82) is 0 Å². The van der Waals surface area contributed by atoms with Crippen LogP contribution in [0, 0.1) is 17.8 Å². The molecule has 2 saturated carbocycles. The van der Waals surface area contributed by atoms with Gasteiger partial charge in [0.2, 0.25) is 0 Å². The maximum absolute atomic E-state index is 10.7. The van der Waals surface area contributed by atoms with Crippen LogP contribution in [0.25, 0.3) is 10.9 Å². The van der Waals surface area contributed by atoms with E-state index in [4.69, 9.17) is 0 Å². The van der Waals surface area contributed by atoms with E-state index in [2.05, 4.69) is 17.1 Å². The van der Waals surface area contributed by atoms with Gasteiger partial charge in [-0.15, -0.1) is 0 Å². The highest BCUT2D eigenvalue weighted by atomic mass is 16.3. The first-order valence-corrected chi connectivity index (χ1v) is 7.34. The van der Waals surface area contributed by atoms with Crippen molar-refractivity contribution in [2.24, 2.45) is 17.8 Å². The standard InChI is InChI=1S/C17H19NO/c19-17(15-8-11-5-6-12(15)7-11)14-9-13-3-1-2-4-16(13)18-10-14/h1-4,9-12,15,17,19H,5-8H2. The van der Waals surface area contributed by atoms with Crippen molar-refractivity contribution in [3.8, 4) is 0 Å². The predicted octanol–water partition coefficient (Wildman–Crippen LogP) is 3.70. The van der Waals surface area contributed by atoms with Gasteiger partial charge in [0.1, 0.15) is 0 Å². The summed E-state index contributed by atoms with van der Waals surface area (Å²) in [4.78, 5) is 4.48. The number of rotatable bonds is 2. The number of benzene rings is 1. The van der Waals surface area contributed by atoms with Gasteiger partial charge in [0.05, 0.1) is 11.6 Å². The van der Waals surface area contributed by atoms with Crippen molar-refractivity contribution in [3.05, 3.63) is 42.1 Å². The zero-order valence-corrected chi connectivity index (χ0v) is 11.0. The van der Waals surface area contributed by atoms with E-state index in [1.165, 1.54) is 25.7 Å². The second kappa shape index (κ2) is 4.31. The topological polar surface area (TPSA) is 33.1 Å². The fraction of sp³-hybridized carbons (Fsp3) is 0.471. The second-order valence-corrected chi connectivity index (χ2v) is 6.24. The summed E-state index contributed by atoms with van der Waals surface area (Å²) in [6, 6.07) is 10.2. The van der Waals surface area contributed by atoms with Gasteiger partial charge < -0.3 is 5.11 Å². The first kappa shape index (κ1) is 11.4. The number of nitrogens with zero attached hydrogens (tertiary/aromatic N) is 1. The number of pyridine rings is 1. The number of hydrogen-bond acceptors (Lipinski definition) is 2. The number of fused-ring (bicyclic) bond motifs is 3. The maximum atomic E-state index is 10.7. The molecule has 4 unspecified atom stereocenters. The third kappa shape index (κ3) is 1.86. The smallest absolute Gasteiger partial charge is 0.0836 e. The van der Waals surface area contributed by atoms with Gasteiger partial charge in [-0.25, -0.2) is 0 Å². The van der Waals surface area contributed by atoms with Crippen molar-refractivity contribution in [2.45, 2.75) is 31.8 Å². The highest BCUT2D eigenvalue weighted by Crippen LogP contribution is 2.52. The van der Waals surface area contributed by atoms with Gasteiger partial charge in [0.15, 0.2) is 0 Å². The van der Waals surface area contributed by atoms with Gasteiger partial charge in [-0.3, -0.25) is 4.98 Å². The van der Waals surface area contributed by atoms with Gasteiger partial charge in [-0.1, -0.05) is 24.6 Å². The van der Waals surface area contributed by atoms with E-state index in [0.29, 0.717) is 5.92 Å². The number of aromatic nitrogens is 1. The minimum Gasteiger partial charge on any atom is -0.388 e. The lowest BCUT2D eigenvalue weighted by molar-refractivity contribution is 0.0744. The Morgan fingerprint density at radius 3 is 2.84 bits per heavy atom. The lowest BCUT2D eigenvalue weighted by Gasteiger charge is -2.27. The average Bonchev–Trinajstić information content (AvgIpc) is 3.08. The number of para-hydroxylation sites is 1. The summed E-state index contributed by atoms with van der Waals surface area (Å²) in [7, 11) is 0. The van der Waals surface area contributed by atoms with Crippen LogP contribution in [0.5, 0.6) is 0 Å². The molecule has 19 heavy (non-hydrogen) atoms. The van der Waals surface area contributed by atoms with E-state index in [9.17, 15) is 5.11 Å². The van der Waals surface area contributed by atoms with Crippen LogP contribution in [0.15, 0.2) is 36.5 Å². The molecule has 2 heteroatoms. The highest BCUT2D eigenvalue weighted by molar-refractivity contribution is 5.78. The summed E-state index contributed by atoms with van der Waals surface area (Å²) in [5.41, 5.74) is 2.00. The van der Waals surface area contributed by atoms with Crippen LogP contribution < -0.4 is 0 Å². The molecule has 2 aliphatic rings. The molecular formula is C17H19NO. The summed E-state index contributed by atoms with van der Waals surface area (Å²) in [5, 5.41) is 11.8. The molecule has 4 atom stereocenters. The molecule has 1 aromatic heterocycles. The Labute approximate surface area is 113 Å². The molecule has 0 aliphatic heterocycles. The van der Waals surface area contributed by atoms with Crippen molar-refractivity contribution in [3.63, 3.8) is 0 Å². The van der Waals surface area contributed by atoms with Gasteiger partial charge in [0, 0.05) is 11.6 Å². The zero-order valence-electron chi connectivity index (χ0n) is 11.0. The summed E-state index contributed by atoms with van der Waals surface area (Å²) in [6.07, 6.45) is 6.77. The Kier molecular flexibility index (Phi) is 2.59. The minimum atomic E-state index is -0.326. The average molecular weight is 253 g/mol. The summed E-state index contributed by atoms with van der Waals surface area (Å²) in [6.45, 7) is 0. The quantitative estimate of drug-likeness (QED) is 0.885. The van der Waals surface area contributed by atoms with Gasteiger partial charge in [-0.2, -0.15) is 0 Å². The molecule has 0 spiro atoms. The molecule has 98 valence electrons. The Morgan fingerprint density at radius 2 is 2.05 bits per heavy atom. The number of aliphatic hydroxyl groups excluding tert-OH is 1. The highest BCUT2D eigenvalue weighted by Gasteiger charge is 2.43. The molecule has 2 aromatic rings. The first-order chi connectivity index (χ1) is 9.31. The lowest BCUT2D eigenvalue weighted by atomic mass is 9.82. The van der Waals surface area contributed by atoms with E-state index < -0.39 is 0 Å². The Hall–Kier alpha value is -1.41. The van der Waals surface area contributed by atoms with Crippen LogP contribution in [0.3, 0.4) is 0 Å². The molecule has 4 rings (SSSR count).